The number of carbonyl (C=O) groups is 1. The zero-order valence-electron chi connectivity index (χ0n) is 20.7. The van der Waals surface area contributed by atoms with Crippen LogP contribution < -0.4 is 24.3 Å². The van der Waals surface area contributed by atoms with E-state index in [-0.39, 0.29) is 18.6 Å². The number of hydrogen-bond donors (Lipinski definition) is 1. The van der Waals surface area contributed by atoms with Crippen molar-refractivity contribution in [3.63, 3.8) is 0 Å². The number of nitrogens with zero attached hydrogens (tertiary/aromatic N) is 1. The van der Waals surface area contributed by atoms with Gasteiger partial charge in [-0.1, -0.05) is 30.3 Å². The van der Waals surface area contributed by atoms with Crippen molar-refractivity contribution in [1.82, 2.24) is 9.88 Å². The molecule has 0 bridgehead atoms. The number of benzene rings is 3. The van der Waals surface area contributed by atoms with Gasteiger partial charge in [-0.2, -0.15) is 0 Å². The van der Waals surface area contributed by atoms with E-state index in [0.717, 1.165) is 33.3 Å². The summed E-state index contributed by atoms with van der Waals surface area (Å²) in [6.07, 6.45) is 3.13. The van der Waals surface area contributed by atoms with E-state index in [0.29, 0.717) is 36.6 Å². The predicted molar refractivity (Wildman–Crippen MR) is 138 cm³/mol. The highest BCUT2D eigenvalue weighted by Crippen LogP contribution is 2.40. The van der Waals surface area contributed by atoms with Crippen LogP contribution in [0.15, 0.2) is 66.9 Å². The van der Waals surface area contributed by atoms with Crippen LogP contribution in [0.3, 0.4) is 0 Å². The summed E-state index contributed by atoms with van der Waals surface area (Å²) in [4.78, 5) is 13.2. The SMILES string of the molecule is COc1ccc(CCNC(=O)CC(c2ccc3c(c2)OCO3)c2cn(C)c3ccccc23)cc1OC. The van der Waals surface area contributed by atoms with Crippen molar-refractivity contribution in [2.75, 3.05) is 27.6 Å². The lowest BCUT2D eigenvalue weighted by Gasteiger charge is -2.18. The quantitative estimate of drug-likeness (QED) is 0.368. The number of para-hydroxylation sites is 1. The van der Waals surface area contributed by atoms with Crippen LogP contribution in [-0.4, -0.2) is 38.0 Å². The molecule has 0 fully saturated rings. The van der Waals surface area contributed by atoms with E-state index >= 15 is 0 Å². The largest absolute Gasteiger partial charge is 0.493 e. The lowest BCUT2D eigenvalue weighted by molar-refractivity contribution is -0.121. The molecule has 0 saturated carbocycles. The third kappa shape index (κ3) is 4.69. The second-order valence-electron chi connectivity index (χ2n) is 8.87. The number of nitrogens with one attached hydrogen (secondary N) is 1. The maximum Gasteiger partial charge on any atom is 0.231 e. The Labute approximate surface area is 210 Å². The summed E-state index contributed by atoms with van der Waals surface area (Å²) in [5.74, 6) is 2.67. The molecule has 1 aliphatic heterocycles. The first-order chi connectivity index (χ1) is 17.6. The molecule has 36 heavy (non-hydrogen) atoms. The first-order valence-corrected chi connectivity index (χ1v) is 12.0. The topological polar surface area (TPSA) is 71.0 Å². The van der Waals surface area contributed by atoms with E-state index < -0.39 is 0 Å². The maximum atomic E-state index is 13.2. The van der Waals surface area contributed by atoms with Gasteiger partial charge in [0.05, 0.1) is 14.2 Å². The average Bonchev–Trinajstić information content (AvgIpc) is 3.51. The van der Waals surface area contributed by atoms with Crippen molar-refractivity contribution >= 4 is 16.8 Å². The Morgan fingerprint density at radius 3 is 2.64 bits per heavy atom. The first-order valence-electron chi connectivity index (χ1n) is 12.0. The maximum absolute atomic E-state index is 13.2. The second kappa shape index (κ2) is 10.2. The van der Waals surface area contributed by atoms with Gasteiger partial charge in [0.25, 0.3) is 0 Å². The molecule has 1 aromatic heterocycles. The Kier molecular flexibility index (Phi) is 6.71. The van der Waals surface area contributed by atoms with Crippen molar-refractivity contribution in [2.24, 2.45) is 7.05 Å². The van der Waals surface area contributed by atoms with Gasteiger partial charge >= 0.3 is 0 Å². The van der Waals surface area contributed by atoms with Crippen molar-refractivity contribution in [1.29, 1.82) is 0 Å². The minimum absolute atomic E-state index is 0.00826. The molecule has 4 aromatic rings. The Morgan fingerprint density at radius 1 is 1.00 bits per heavy atom. The van der Waals surface area contributed by atoms with Crippen LogP contribution in [0, 0.1) is 0 Å². The Balaban J connectivity index is 1.35. The van der Waals surface area contributed by atoms with Crippen LogP contribution in [0.1, 0.15) is 29.0 Å². The van der Waals surface area contributed by atoms with E-state index in [9.17, 15) is 4.79 Å². The number of hydrogen-bond acceptors (Lipinski definition) is 5. The summed E-state index contributed by atoms with van der Waals surface area (Å²) in [5.41, 5.74) is 4.33. The van der Waals surface area contributed by atoms with Crippen molar-refractivity contribution in [3.8, 4) is 23.0 Å². The van der Waals surface area contributed by atoms with Gasteiger partial charge in [-0.05, 0) is 53.4 Å². The molecule has 5 rings (SSSR count). The fourth-order valence-electron chi connectivity index (χ4n) is 4.83. The van der Waals surface area contributed by atoms with E-state index in [1.165, 1.54) is 0 Å². The molecule has 186 valence electrons. The van der Waals surface area contributed by atoms with Gasteiger partial charge in [0.1, 0.15) is 0 Å². The van der Waals surface area contributed by atoms with Crippen molar-refractivity contribution < 1.29 is 23.7 Å². The monoisotopic (exact) mass is 486 g/mol. The van der Waals surface area contributed by atoms with Crippen LogP contribution >= 0.6 is 0 Å². The number of amides is 1. The van der Waals surface area contributed by atoms with Gasteiger partial charge in [-0.15, -0.1) is 0 Å². The molecule has 0 aliphatic carbocycles. The normalized spacial score (nSPS) is 13.0. The fourth-order valence-corrected chi connectivity index (χ4v) is 4.83. The molecule has 1 N–H and O–H groups in total. The highest BCUT2D eigenvalue weighted by Gasteiger charge is 2.24. The van der Waals surface area contributed by atoms with Gasteiger partial charge < -0.3 is 28.8 Å². The van der Waals surface area contributed by atoms with E-state index in [1.807, 2.05) is 55.6 Å². The summed E-state index contributed by atoms with van der Waals surface area (Å²) in [7, 11) is 5.27. The van der Waals surface area contributed by atoms with Gasteiger partial charge in [0.2, 0.25) is 12.7 Å². The van der Waals surface area contributed by atoms with Crippen molar-refractivity contribution in [3.05, 3.63) is 83.6 Å². The Hall–Kier alpha value is -4.13. The number of aromatic nitrogens is 1. The molecule has 3 aromatic carbocycles. The number of ether oxygens (including phenoxy) is 4. The number of carbonyl (C=O) groups excluding carboxylic acids is 1. The summed E-state index contributed by atoms with van der Waals surface area (Å²) in [5, 5.41) is 4.24. The first kappa shape index (κ1) is 23.6. The third-order valence-electron chi connectivity index (χ3n) is 6.68. The van der Waals surface area contributed by atoms with Crippen LogP contribution in [0.5, 0.6) is 23.0 Å². The molecule has 7 nitrogen and oxygen atoms in total. The molecule has 0 radical (unpaired) electrons. The molecule has 7 heteroatoms. The molecule has 0 spiro atoms. The number of aryl methyl sites for hydroxylation is 1. The van der Waals surface area contributed by atoms with Gasteiger partial charge in [-0.25, -0.2) is 0 Å². The number of methoxy groups -OCH3 is 2. The summed E-state index contributed by atoms with van der Waals surface area (Å²) < 4.78 is 23.9. The smallest absolute Gasteiger partial charge is 0.231 e. The summed E-state index contributed by atoms with van der Waals surface area (Å²) in [6, 6.07) is 20.0. The van der Waals surface area contributed by atoms with Gasteiger partial charge in [0.15, 0.2) is 23.0 Å². The molecule has 1 unspecified atom stereocenters. The standard InChI is InChI=1S/C29H30N2O5/c1-31-17-23(21-6-4-5-7-24(21)31)22(20-9-11-26-28(15-20)36-18-35-26)16-29(32)30-13-12-19-8-10-25(33-2)27(14-19)34-3/h4-11,14-15,17,22H,12-13,16,18H2,1-3H3,(H,30,32). The van der Waals surface area contributed by atoms with Crippen LogP contribution in [0.2, 0.25) is 0 Å². The highest BCUT2D eigenvalue weighted by atomic mass is 16.7. The Morgan fingerprint density at radius 2 is 1.81 bits per heavy atom. The number of rotatable bonds is 9. The summed E-state index contributed by atoms with van der Waals surface area (Å²) in [6.45, 7) is 0.742. The van der Waals surface area contributed by atoms with Crippen LogP contribution in [0.25, 0.3) is 10.9 Å². The highest BCUT2D eigenvalue weighted by molar-refractivity contribution is 5.86. The number of fused-ring (bicyclic) bond motifs is 2. The van der Waals surface area contributed by atoms with E-state index in [1.54, 1.807) is 14.2 Å². The molecule has 1 atom stereocenters. The predicted octanol–water partition coefficient (Wildman–Crippen LogP) is 4.81. The van der Waals surface area contributed by atoms with Crippen LogP contribution in [-0.2, 0) is 18.3 Å². The van der Waals surface area contributed by atoms with E-state index in [2.05, 4.69) is 28.2 Å². The van der Waals surface area contributed by atoms with Crippen molar-refractivity contribution in [2.45, 2.75) is 18.8 Å². The zero-order valence-corrected chi connectivity index (χ0v) is 20.7. The Bertz CT molecular complexity index is 1390. The lowest BCUT2D eigenvalue weighted by Crippen LogP contribution is -2.27. The lowest BCUT2D eigenvalue weighted by atomic mass is 9.87. The molecule has 2 heterocycles. The molecular weight excluding hydrogens is 456 g/mol. The van der Waals surface area contributed by atoms with Gasteiger partial charge in [-0.3, -0.25) is 4.79 Å². The summed E-state index contributed by atoms with van der Waals surface area (Å²) >= 11 is 0. The molecular formula is C29H30N2O5. The molecule has 1 aliphatic rings. The molecule has 1 amide bonds. The van der Waals surface area contributed by atoms with E-state index in [4.69, 9.17) is 18.9 Å². The molecule has 0 saturated heterocycles. The fraction of sp³-hybridized carbons (Fsp3) is 0.276. The van der Waals surface area contributed by atoms with Gasteiger partial charge in [0, 0.05) is 43.0 Å². The minimum Gasteiger partial charge on any atom is -0.493 e. The third-order valence-corrected chi connectivity index (χ3v) is 6.68. The minimum atomic E-state index is -0.133. The zero-order chi connectivity index (χ0) is 25.1. The second-order valence-corrected chi connectivity index (χ2v) is 8.87. The van der Waals surface area contributed by atoms with Crippen LogP contribution in [0.4, 0.5) is 0 Å². The average molecular weight is 487 g/mol.